The van der Waals surface area contributed by atoms with E-state index in [9.17, 15) is 0 Å². The maximum atomic E-state index is 5.39. The molecule has 5 nitrogen and oxygen atoms in total. The molecule has 0 atom stereocenters. The molecule has 5 heteroatoms. The van der Waals surface area contributed by atoms with Crippen molar-refractivity contribution in [2.45, 2.75) is 0 Å². The summed E-state index contributed by atoms with van der Waals surface area (Å²) in [4.78, 5) is 16.0. The summed E-state index contributed by atoms with van der Waals surface area (Å²) in [6.45, 7) is 0. The third-order valence-electron chi connectivity index (χ3n) is 14.4. The molecule has 0 bridgehead atoms. The lowest BCUT2D eigenvalue weighted by Gasteiger charge is -2.21. The third-order valence-corrected chi connectivity index (χ3v) is 14.4. The highest BCUT2D eigenvalue weighted by Crippen LogP contribution is 2.46. The van der Waals surface area contributed by atoms with Crippen molar-refractivity contribution in [3.05, 3.63) is 273 Å². The molecule has 0 spiro atoms. The summed E-state index contributed by atoms with van der Waals surface area (Å²) in [5.41, 5.74) is 18.3. The van der Waals surface area contributed by atoms with Crippen LogP contribution in [0.5, 0.6) is 0 Å². The summed E-state index contributed by atoms with van der Waals surface area (Å²) in [5.74, 6) is 1.79. The van der Waals surface area contributed by atoms with Crippen LogP contribution in [0, 0.1) is 0 Å². The molecular formula is C69H45N5. The minimum atomic E-state index is 0.585. The van der Waals surface area contributed by atoms with Crippen LogP contribution in [0.15, 0.2) is 273 Å². The highest BCUT2D eigenvalue weighted by molar-refractivity contribution is 6.19. The number of rotatable bonds is 9. The number of fused-ring (bicyclic) bond motifs is 6. The number of benzene rings is 11. The van der Waals surface area contributed by atoms with Crippen molar-refractivity contribution < 1.29 is 0 Å². The smallest absolute Gasteiger partial charge is 0.164 e. The number of aromatic nitrogens is 5. The van der Waals surface area contributed by atoms with E-state index in [1.54, 1.807) is 0 Å². The Morgan fingerprint density at radius 2 is 0.554 bits per heavy atom. The van der Waals surface area contributed by atoms with Crippen molar-refractivity contribution in [3.8, 4) is 90.0 Å². The zero-order chi connectivity index (χ0) is 49.0. The molecule has 346 valence electrons. The van der Waals surface area contributed by atoms with Crippen molar-refractivity contribution in [2.75, 3.05) is 0 Å². The fourth-order valence-electron chi connectivity index (χ4n) is 10.9. The summed E-state index contributed by atoms with van der Waals surface area (Å²) in [6.07, 6.45) is 0. The molecule has 0 aliphatic rings. The molecule has 0 amide bonds. The van der Waals surface area contributed by atoms with E-state index in [1.165, 1.54) is 27.1 Å². The summed E-state index contributed by atoms with van der Waals surface area (Å²) < 4.78 is 4.91. The topological polar surface area (TPSA) is 48.5 Å². The van der Waals surface area contributed by atoms with Gasteiger partial charge in [-0.1, -0.05) is 224 Å². The average molecular weight is 944 g/mol. The van der Waals surface area contributed by atoms with Crippen LogP contribution in [0.3, 0.4) is 0 Å². The van der Waals surface area contributed by atoms with Gasteiger partial charge in [-0.3, -0.25) is 0 Å². The molecule has 11 aromatic carbocycles. The Bertz CT molecular complexity index is 4190. The minimum absolute atomic E-state index is 0.585. The molecule has 0 unspecified atom stereocenters. The van der Waals surface area contributed by atoms with Gasteiger partial charge >= 0.3 is 0 Å². The van der Waals surface area contributed by atoms with E-state index in [4.69, 9.17) is 15.0 Å². The van der Waals surface area contributed by atoms with Crippen molar-refractivity contribution >= 4 is 43.6 Å². The monoisotopic (exact) mass is 943 g/mol. The standard InChI is InChI=1S/C69H45N5/c1-6-20-46(21-7-1)48-34-38-52(39-35-48)67-70-68(53-40-36-49(37-41-53)47-22-8-2-9-23-47)72-69(71-67)54-42-58(50-24-10-3-11-25-50)66(59(43-54)51-26-12-4-13-27-51)74-63-33-19-17-31-57(63)61-44-60-56-30-16-18-32-62(56)73(64(60)45-65(61)74)55-28-14-5-15-29-55/h1-45H. The minimum Gasteiger partial charge on any atom is -0.309 e. The zero-order valence-electron chi connectivity index (χ0n) is 40.2. The number of para-hydroxylation sites is 3. The van der Waals surface area contributed by atoms with E-state index in [-0.39, 0.29) is 0 Å². The van der Waals surface area contributed by atoms with Crippen molar-refractivity contribution in [1.29, 1.82) is 0 Å². The Morgan fingerprint density at radius 1 is 0.216 bits per heavy atom. The van der Waals surface area contributed by atoms with Crippen LogP contribution in [0.25, 0.3) is 134 Å². The molecule has 14 rings (SSSR count). The second-order valence-corrected chi connectivity index (χ2v) is 18.8. The zero-order valence-corrected chi connectivity index (χ0v) is 40.2. The summed E-state index contributed by atoms with van der Waals surface area (Å²) in [7, 11) is 0. The van der Waals surface area contributed by atoms with E-state index in [1.807, 2.05) is 12.1 Å². The average Bonchev–Trinajstić information content (AvgIpc) is 3.99. The van der Waals surface area contributed by atoms with E-state index in [0.717, 1.165) is 89.1 Å². The van der Waals surface area contributed by atoms with Gasteiger partial charge in [0.05, 0.1) is 27.8 Å². The first kappa shape index (κ1) is 42.9. The van der Waals surface area contributed by atoms with E-state index >= 15 is 0 Å². The van der Waals surface area contributed by atoms with Gasteiger partial charge in [0.15, 0.2) is 17.5 Å². The Balaban J connectivity index is 1.04. The fraction of sp³-hybridized carbons (Fsp3) is 0. The Kier molecular flexibility index (Phi) is 10.4. The molecule has 0 fully saturated rings. The predicted molar refractivity (Wildman–Crippen MR) is 307 cm³/mol. The van der Waals surface area contributed by atoms with E-state index in [2.05, 4.69) is 270 Å². The van der Waals surface area contributed by atoms with Gasteiger partial charge in [0.1, 0.15) is 0 Å². The lowest BCUT2D eigenvalue weighted by atomic mass is 9.92. The molecule has 14 aromatic rings. The lowest BCUT2D eigenvalue weighted by molar-refractivity contribution is 1.07. The number of hydrogen-bond donors (Lipinski definition) is 0. The van der Waals surface area contributed by atoms with Crippen molar-refractivity contribution in [2.24, 2.45) is 0 Å². The first-order chi connectivity index (χ1) is 36.7. The van der Waals surface area contributed by atoms with E-state index in [0.29, 0.717) is 17.5 Å². The Labute approximate surface area is 428 Å². The maximum Gasteiger partial charge on any atom is 0.164 e. The molecular weight excluding hydrogens is 899 g/mol. The van der Waals surface area contributed by atoms with Crippen LogP contribution in [-0.4, -0.2) is 24.1 Å². The molecule has 0 saturated carbocycles. The second-order valence-electron chi connectivity index (χ2n) is 18.8. The van der Waals surface area contributed by atoms with Gasteiger partial charge in [-0.2, -0.15) is 0 Å². The van der Waals surface area contributed by atoms with Gasteiger partial charge in [-0.25, -0.2) is 15.0 Å². The molecule has 0 aliphatic carbocycles. The highest BCUT2D eigenvalue weighted by Gasteiger charge is 2.25. The summed E-state index contributed by atoms with van der Waals surface area (Å²) >= 11 is 0. The van der Waals surface area contributed by atoms with Crippen LogP contribution in [-0.2, 0) is 0 Å². The van der Waals surface area contributed by atoms with Crippen LogP contribution in [0.1, 0.15) is 0 Å². The molecule has 3 aromatic heterocycles. The van der Waals surface area contributed by atoms with Crippen molar-refractivity contribution in [3.63, 3.8) is 0 Å². The highest BCUT2D eigenvalue weighted by atomic mass is 15.0. The summed E-state index contributed by atoms with van der Waals surface area (Å²) in [5, 5.41) is 4.81. The van der Waals surface area contributed by atoms with Crippen LogP contribution in [0.2, 0.25) is 0 Å². The largest absolute Gasteiger partial charge is 0.309 e. The lowest BCUT2D eigenvalue weighted by Crippen LogP contribution is -2.04. The molecule has 0 saturated heterocycles. The molecule has 0 radical (unpaired) electrons. The molecule has 0 N–H and O–H groups in total. The summed E-state index contributed by atoms with van der Waals surface area (Å²) in [6, 6.07) is 97.2. The van der Waals surface area contributed by atoms with Crippen molar-refractivity contribution in [1.82, 2.24) is 24.1 Å². The first-order valence-corrected chi connectivity index (χ1v) is 25.1. The van der Waals surface area contributed by atoms with Gasteiger partial charge in [0.2, 0.25) is 0 Å². The Morgan fingerprint density at radius 3 is 1.01 bits per heavy atom. The van der Waals surface area contributed by atoms with E-state index < -0.39 is 0 Å². The first-order valence-electron chi connectivity index (χ1n) is 25.1. The quantitative estimate of drug-likeness (QED) is 0.145. The molecule has 74 heavy (non-hydrogen) atoms. The van der Waals surface area contributed by atoms with Crippen LogP contribution in [0.4, 0.5) is 0 Å². The molecule has 0 aliphatic heterocycles. The second kappa shape index (κ2) is 18.0. The van der Waals surface area contributed by atoms with Gasteiger partial charge in [0.25, 0.3) is 0 Å². The number of hydrogen-bond acceptors (Lipinski definition) is 3. The SMILES string of the molecule is c1ccc(-c2ccc(-c3nc(-c4ccc(-c5ccccc5)cc4)nc(-c4cc(-c5ccccc5)c(-n5c6ccccc6c6cc7c8ccccc8n(-c8ccccc8)c7cc65)c(-c5ccccc5)c4)n3)cc2)cc1. The normalized spacial score (nSPS) is 11.5. The van der Waals surface area contributed by atoms with Gasteiger partial charge in [-0.05, 0) is 81.9 Å². The third kappa shape index (κ3) is 7.46. The predicted octanol–water partition coefficient (Wildman–Crippen LogP) is 17.7. The van der Waals surface area contributed by atoms with Gasteiger partial charge in [-0.15, -0.1) is 0 Å². The van der Waals surface area contributed by atoms with Gasteiger partial charge in [0, 0.05) is 55.0 Å². The maximum absolute atomic E-state index is 5.39. The number of nitrogens with zero attached hydrogens (tertiary/aromatic N) is 5. The van der Waals surface area contributed by atoms with Crippen LogP contribution >= 0.6 is 0 Å². The molecule has 3 heterocycles. The Hall–Kier alpha value is -9.97. The van der Waals surface area contributed by atoms with Crippen LogP contribution < -0.4 is 0 Å². The fourth-order valence-corrected chi connectivity index (χ4v) is 10.9. The van der Waals surface area contributed by atoms with Gasteiger partial charge < -0.3 is 9.13 Å².